The molecule has 1 saturated heterocycles. The highest BCUT2D eigenvalue weighted by atomic mass is 35.5. The number of esters is 1. The van der Waals surface area contributed by atoms with Crippen molar-refractivity contribution in [3.8, 4) is 11.3 Å². The van der Waals surface area contributed by atoms with Gasteiger partial charge in [0.05, 0.1) is 35.4 Å². The highest BCUT2D eigenvalue weighted by Gasteiger charge is 2.49. The van der Waals surface area contributed by atoms with Crippen molar-refractivity contribution in [2.75, 3.05) is 25.1 Å². The second-order valence-electron chi connectivity index (χ2n) is 11.6. The number of fused-ring (bicyclic) bond motifs is 1. The van der Waals surface area contributed by atoms with Crippen molar-refractivity contribution in [3.05, 3.63) is 69.5 Å². The van der Waals surface area contributed by atoms with E-state index in [-0.39, 0.29) is 17.5 Å². The Morgan fingerprint density at radius 1 is 1.15 bits per heavy atom. The van der Waals surface area contributed by atoms with Crippen molar-refractivity contribution in [1.29, 1.82) is 0 Å². The summed E-state index contributed by atoms with van der Waals surface area (Å²) in [6, 6.07) is 13.8. The van der Waals surface area contributed by atoms with E-state index in [1.807, 2.05) is 35.9 Å². The Bertz CT molecular complexity index is 1600. The van der Waals surface area contributed by atoms with Gasteiger partial charge in [-0.05, 0) is 67.9 Å². The number of benzene rings is 2. The zero-order valence-electron chi connectivity index (χ0n) is 22.6. The predicted molar refractivity (Wildman–Crippen MR) is 155 cm³/mol. The monoisotopic (exact) mass is 579 g/mol. The Labute approximate surface area is 242 Å². The Morgan fingerprint density at radius 2 is 1.93 bits per heavy atom. The third-order valence-electron chi connectivity index (χ3n) is 8.98. The first-order valence-electron chi connectivity index (χ1n) is 13.8. The van der Waals surface area contributed by atoms with Gasteiger partial charge in [-0.25, -0.2) is 4.79 Å². The molecule has 0 amide bonds. The van der Waals surface area contributed by atoms with Crippen LogP contribution in [0, 0.1) is 5.41 Å². The lowest BCUT2D eigenvalue weighted by Gasteiger charge is -2.45. The second-order valence-corrected chi connectivity index (χ2v) is 12.4. The van der Waals surface area contributed by atoms with Crippen LogP contribution in [-0.4, -0.2) is 42.0 Å². The van der Waals surface area contributed by atoms with Gasteiger partial charge in [0.15, 0.2) is 0 Å². The largest absolute Gasteiger partial charge is 0.464 e. The average molecular weight is 581 g/mol. The summed E-state index contributed by atoms with van der Waals surface area (Å²) in [4.78, 5) is 14.6. The van der Waals surface area contributed by atoms with Gasteiger partial charge in [-0.1, -0.05) is 40.5 Å². The van der Waals surface area contributed by atoms with Gasteiger partial charge >= 0.3 is 5.97 Å². The Balaban J connectivity index is 1.03. The zero-order valence-corrected chi connectivity index (χ0v) is 24.1. The predicted octanol–water partition coefficient (Wildman–Crippen LogP) is 7.38. The molecule has 0 atom stereocenters. The quantitative estimate of drug-likeness (QED) is 0.213. The molecule has 7 nitrogen and oxygen atoms in total. The maximum Gasteiger partial charge on any atom is 0.354 e. The van der Waals surface area contributed by atoms with Crippen LogP contribution in [0.25, 0.3) is 22.2 Å². The maximum atomic E-state index is 12.1. The van der Waals surface area contributed by atoms with Crippen LogP contribution in [0.15, 0.2) is 47.0 Å². The lowest BCUT2D eigenvalue weighted by Crippen LogP contribution is -2.44. The molecule has 7 rings (SSSR count). The minimum Gasteiger partial charge on any atom is -0.464 e. The van der Waals surface area contributed by atoms with E-state index < -0.39 is 0 Å². The minimum absolute atomic E-state index is 0.203. The van der Waals surface area contributed by atoms with E-state index in [4.69, 9.17) is 37.2 Å². The van der Waals surface area contributed by atoms with E-state index in [9.17, 15) is 4.79 Å². The average Bonchev–Trinajstić information content (AvgIpc) is 3.39. The maximum absolute atomic E-state index is 12.1. The number of methoxy groups -OCH3 is 1. The zero-order chi connectivity index (χ0) is 27.6. The summed E-state index contributed by atoms with van der Waals surface area (Å²) in [6.07, 6.45) is 5.64. The van der Waals surface area contributed by atoms with Crippen LogP contribution in [-0.2, 0) is 23.1 Å². The van der Waals surface area contributed by atoms with Crippen LogP contribution < -0.4 is 4.90 Å². The van der Waals surface area contributed by atoms with Crippen LogP contribution in [0.5, 0.6) is 0 Å². The van der Waals surface area contributed by atoms with Gasteiger partial charge in [-0.15, -0.1) is 0 Å². The fourth-order valence-corrected chi connectivity index (χ4v) is 7.15. The van der Waals surface area contributed by atoms with Crippen molar-refractivity contribution in [3.63, 3.8) is 0 Å². The summed E-state index contributed by atoms with van der Waals surface area (Å²) < 4.78 is 19.1. The van der Waals surface area contributed by atoms with E-state index in [0.717, 1.165) is 67.4 Å². The SMILES string of the molecule is COC(=O)c1cc2ccc(N3CCC4(CC(OCc5c(-c6c(Cl)cccc6Cl)noc5C5CC5)C4)C3)cc2n1C. The molecule has 3 heterocycles. The number of anilines is 1. The lowest BCUT2D eigenvalue weighted by molar-refractivity contribution is -0.0796. The van der Waals surface area contributed by atoms with Crippen LogP contribution in [0.4, 0.5) is 5.69 Å². The Morgan fingerprint density at radius 3 is 2.65 bits per heavy atom. The molecule has 208 valence electrons. The fraction of sp³-hybridized carbons (Fsp3) is 0.419. The summed E-state index contributed by atoms with van der Waals surface area (Å²) in [5.41, 5.74) is 5.44. The van der Waals surface area contributed by atoms with Gasteiger partial charge in [0.1, 0.15) is 17.1 Å². The van der Waals surface area contributed by atoms with Crippen LogP contribution in [0.3, 0.4) is 0 Å². The van der Waals surface area contributed by atoms with Gasteiger partial charge in [-0.2, -0.15) is 0 Å². The topological polar surface area (TPSA) is 69.7 Å². The molecule has 9 heteroatoms. The van der Waals surface area contributed by atoms with Crippen molar-refractivity contribution in [1.82, 2.24) is 9.72 Å². The summed E-state index contributed by atoms with van der Waals surface area (Å²) in [5.74, 6) is 0.999. The number of hydrogen-bond acceptors (Lipinski definition) is 6. The molecule has 0 N–H and O–H groups in total. The molecule has 3 aliphatic rings. The number of aryl methyl sites for hydroxylation is 1. The number of aromatic nitrogens is 2. The molecule has 0 radical (unpaired) electrons. The number of halogens is 2. The first kappa shape index (κ1) is 25.9. The van der Waals surface area contributed by atoms with E-state index in [1.165, 1.54) is 12.8 Å². The smallest absolute Gasteiger partial charge is 0.354 e. The van der Waals surface area contributed by atoms with Gasteiger partial charge in [0.2, 0.25) is 0 Å². The van der Waals surface area contributed by atoms with Crippen molar-refractivity contribution < 1.29 is 18.8 Å². The molecule has 40 heavy (non-hydrogen) atoms. The van der Waals surface area contributed by atoms with E-state index in [1.54, 1.807) is 0 Å². The van der Waals surface area contributed by atoms with Crippen LogP contribution in [0.1, 0.15) is 59.8 Å². The fourth-order valence-electron chi connectivity index (χ4n) is 6.58. The molecule has 1 aliphatic heterocycles. The number of ether oxygens (including phenoxy) is 2. The second kappa shape index (κ2) is 9.82. The summed E-state index contributed by atoms with van der Waals surface area (Å²) in [6.45, 7) is 2.47. The molecule has 2 aliphatic carbocycles. The van der Waals surface area contributed by atoms with E-state index >= 15 is 0 Å². The van der Waals surface area contributed by atoms with Crippen LogP contribution >= 0.6 is 23.2 Å². The molecule has 0 bridgehead atoms. The number of carbonyl (C=O) groups excluding carboxylic acids is 1. The first-order chi connectivity index (χ1) is 19.4. The van der Waals surface area contributed by atoms with Crippen molar-refractivity contribution in [2.24, 2.45) is 12.5 Å². The van der Waals surface area contributed by atoms with E-state index in [2.05, 4.69) is 28.3 Å². The number of carbonyl (C=O) groups is 1. The highest BCUT2D eigenvalue weighted by molar-refractivity contribution is 6.39. The highest BCUT2D eigenvalue weighted by Crippen LogP contribution is 2.51. The van der Waals surface area contributed by atoms with Crippen LogP contribution in [0.2, 0.25) is 10.0 Å². The summed E-state index contributed by atoms with van der Waals surface area (Å²) in [5, 5.41) is 6.55. The first-order valence-corrected chi connectivity index (χ1v) is 14.6. The molecule has 4 aromatic rings. The molecule has 2 saturated carbocycles. The number of hydrogen-bond donors (Lipinski definition) is 0. The lowest BCUT2D eigenvalue weighted by atomic mass is 9.66. The molecular formula is C31H31Cl2N3O4. The van der Waals surface area contributed by atoms with Gasteiger partial charge in [-0.3, -0.25) is 0 Å². The Hall–Kier alpha value is -3.00. The summed E-state index contributed by atoms with van der Waals surface area (Å²) in [7, 11) is 3.32. The number of nitrogens with zero attached hydrogens (tertiary/aromatic N) is 3. The summed E-state index contributed by atoms with van der Waals surface area (Å²) >= 11 is 13.0. The minimum atomic E-state index is -0.321. The Kier molecular flexibility index (Phi) is 6.37. The van der Waals surface area contributed by atoms with Gasteiger partial charge in [0.25, 0.3) is 0 Å². The molecule has 3 fully saturated rings. The molecule has 0 unspecified atom stereocenters. The molecule has 2 aromatic heterocycles. The standard InChI is InChI=1S/C31H31Cl2N3O4/c1-35-25-13-20(9-8-19(25)12-26(35)30(37)38-2)36-11-10-31(17-36)14-21(15-31)39-16-22-28(34-40-29(22)18-6-7-18)27-23(32)4-3-5-24(27)33/h3-5,8-9,12-13,18,21H,6-7,10-11,14-17H2,1-2H3. The van der Waals surface area contributed by atoms with Gasteiger partial charge in [0, 0.05) is 48.3 Å². The molecule has 1 spiro atoms. The molecule has 2 aromatic carbocycles. The van der Waals surface area contributed by atoms with Crippen molar-refractivity contribution >= 4 is 45.8 Å². The molecular weight excluding hydrogens is 549 g/mol. The van der Waals surface area contributed by atoms with E-state index in [0.29, 0.717) is 39.5 Å². The normalized spacial score (nSPS) is 22.3. The third-order valence-corrected chi connectivity index (χ3v) is 9.61. The van der Waals surface area contributed by atoms with Crippen molar-refractivity contribution in [2.45, 2.75) is 50.7 Å². The van der Waals surface area contributed by atoms with Gasteiger partial charge < -0.3 is 23.5 Å². The third kappa shape index (κ3) is 4.39. The number of rotatable bonds is 7.